The van der Waals surface area contributed by atoms with Crippen LogP contribution in [-0.2, 0) is 0 Å². The van der Waals surface area contributed by atoms with E-state index in [1.165, 1.54) is 0 Å². The smallest absolute Gasteiger partial charge is 0.126 e. The van der Waals surface area contributed by atoms with Crippen LogP contribution in [0.3, 0.4) is 0 Å². The van der Waals surface area contributed by atoms with Gasteiger partial charge in [-0.15, -0.1) is 0 Å². The fourth-order valence-corrected chi connectivity index (χ4v) is 1.98. The molecular formula is C14H22FNO. The van der Waals surface area contributed by atoms with Crippen LogP contribution in [0.4, 0.5) is 4.39 Å². The fraction of sp³-hybridized carbons (Fsp3) is 0.571. The van der Waals surface area contributed by atoms with Gasteiger partial charge in [-0.2, -0.15) is 0 Å². The Morgan fingerprint density at radius 2 is 1.94 bits per heavy atom. The van der Waals surface area contributed by atoms with Gasteiger partial charge < -0.3 is 10.4 Å². The first-order valence-electron chi connectivity index (χ1n) is 6.10. The van der Waals surface area contributed by atoms with E-state index in [1.807, 2.05) is 19.9 Å². The molecule has 0 aliphatic carbocycles. The predicted octanol–water partition coefficient (Wildman–Crippen LogP) is 2.94. The van der Waals surface area contributed by atoms with Crippen LogP contribution in [0.25, 0.3) is 0 Å². The topological polar surface area (TPSA) is 32.3 Å². The van der Waals surface area contributed by atoms with Crippen LogP contribution in [0.5, 0.6) is 0 Å². The summed E-state index contributed by atoms with van der Waals surface area (Å²) in [5.41, 5.74) is 1.60. The van der Waals surface area contributed by atoms with Crippen molar-refractivity contribution in [2.75, 3.05) is 0 Å². The molecule has 0 saturated heterocycles. The summed E-state index contributed by atoms with van der Waals surface area (Å²) >= 11 is 0. The van der Waals surface area contributed by atoms with Crippen molar-refractivity contribution in [3.8, 4) is 0 Å². The van der Waals surface area contributed by atoms with Gasteiger partial charge >= 0.3 is 0 Å². The van der Waals surface area contributed by atoms with Gasteiger partial charge in [-0.05, 0) is 51.3 Å². The van der Waals surface area contributed by atoms with Gasteiger partial charge in [0.25, 0.3) is 0 Å². The maximum Gasteiger partial charge on any atom is 0.126 e. The SMILES string of the molecule is Cc1ccc(C(C)NC(C)CC(C)O)cc1F. The highest BCUT2D eigenvalue weighted by atomic mass is 19.1. The number of halogens is 1. The number of aliphatic hydroxyl groups is 1. The summed E-state index contributed by atoms with van der Waals surface area (Å²) in [5, 5.41) is 12.6. The monoisotopic (exact) mass is 239 g/mol. The van der Waals surface area contributed by atoms with E-state index in [4.69, 9.17) is 0 Å². The number of nitrogens with one attached hydrogen (secondary N) is 1. The molecule has 0 radical (unpaired) electrons. The van der Waals surface area contributed by atoms with E-state index in [1.54, 1.807) is 26.0 Å². The lowest BCUT2D eigenvalue weighted by Crippen LogP contribution is -2.31. The minimum atomic E-state index is -0.320. The Kier molecular flexibility index (Phi) is 5.09. The summed E-state index contributed by atoms with van der Waals surface area (Å²) in [6, 6.07) is 5.59. The highest BCUT2D eigenvalue weighted by molar-refractivity contribution is 5.25. The van der Waals surface area contributed by atoms with Crippen LogP contribution < -0.4 is 5.32 Å². The van der Waals surface area contributed by atoms with Crippen molar-refractivity contribution in [3.05, 3.63) is 35.1 Å². The lowest BCUT2D eigenvalue weighted by atomic mass is 10.0. The van der Waals surface area contributed by atoms with Crippen molar-refractivity contribution >= 4 is 0 Å². The third-order valence-electron chi connectivity index (χ3n) is 2.93. The van der Waals surface area contributed by atoms with Crippen LogP contribution >= 0.6 is 0 Å². The molecule has 0 aliphatic heterocycles. The van der Waals surface area contributed by atoms with E-state index in [-0.39, 0.29) is 24.0 Å². The number of rotatable bonds is 5. The number of aliphatic hydroxyl groups excluding tert-OH is 1. The quantitative estimate of drug-likeness (QED) is 0.828. The van der Waals surface area contributed by atoms with Crippen molar-refractivity contribution in [3.63, 3.8) is 0 Å². The molecule has 3 atom stereocenters. The largest absolute Gasteiger partial charge is 0.393 e. The van der Waals surface area contributed by atoms with Gasteiger partial charge in [-0.1, -0.05) is 12.1 Å². The second-order valence-electron chi connectivity index (χ2n) is 4.88. The second kappa shape index (κ2) is 6.12. The lowest BCUT2D eigenvalue weighted by molar-refractivity contribution is 0.168. The van der Waals surface area contributed by atoms with E-state index in [0.29, 0.717) is 12.0 Å². The first-order valence-corrected chi connectivity index (χ1v) is 6.10. The fourth-order valence-electron chi connectivity index (χ4n) is 1.98. The van der Waals surface area contributed by atoms with Gasteiger partial charge in [-0.3, -0.25) is 0 Å². The van der Waals surface area contributed by atoms with Gasteiger partial charge in [0.05, 0.1) is 6.10 Å². The molecule has 0 saturated carbocycles. The molecule has 3 heteroatoms. The van der Waals surface area contributed by atoms with Gasteiger partial charge in [0, 0.05) is 12.1 Å². The van der Waals surface area contributed by atoms with Gasteiger partial charge in [0.15, 0.2) is 0 Å². The zero-order valence-corrected chi connectivity index (χ0v) is 11.0. The second-order valence-corrected chi connectivity index (χ2v) is 4.88. The standard InChI is InChI=1S/C14H22FNO/c1-9-5-6-13(8-14(9)15)12(4)16-10(2)7-11(3)17/h5-6,8,10-12,16-17H,7H2,1-4H3. The third kappa shape index (κ3) is 4.44. The minimum Gasteiger partial charge on any atom is -0.393 e. The van der Waals surface area contributed by atoms with E-state index in [0.717, 1.165) is 5.56 Å². The molecule has 0 heterocycles. The number of hydrogen-bond donors (Lipinski definition) is 2. The molecule has 2 nitrogen and oxygen atoms in total. The molecule has 96 valence electrons. The molecule has 17 heavy (non-hydrogen) atoms. The number of hydrogen-bond acceptors (Lipinski definition) is 2. The van der Waals surface area contributed by atoms with Crippen LogP contribution in [0, 0.1) is 12.7 Å². The Morgan fingerprint density at radius 1 is 1.29 bits per heavy atom. The predicted molar refractivity (Wildman–Crippen MR) is 68.4 cm³/mol. The molecule has 0 aliphatic rings. The van der Waals surface area contributed by atoms with Crippen LogP contribution in [0.1, 0.15) is 44.4 Å². The number of benzene rings is 1. The Morgan fingerprint density at radius 3 is 2.47 bits per heavy atom. The average molecular weight is 239 g/mol. The summed E-state index contributed by atoms with van der Waals surface area (Å²) in [7, 11) is 0. The third-order valence-corrected chi connectivity index (χ3v) is 2.93. The van der Waals surface area contributed by atoms with Gasteiger partial charge in [-0.25, -0.2) is 4.39 Å². The van der Waals surface area contributed by atoms with Gasteiger partial charge in [0.1, 0.15) is 5.82 Å². The van der Waals surface area contributed by atoms with Crippen LogP contribution in [-0.4, -0.2) is 17.3 Å². The molecular weight excluding hydrogens is 217 g/mol. The lowest BCUT2D eigenvalue weighted by Gasteiger charge is -2.21. The zero-order valence-electron chi connectivity index (χ0n) is 11.0. The maximum absolute atomic E-state index is 13.4. The first kappa shape index (κ1) is 14.1. The van der Waals surface area contributed by atoms with Crippen molar-refractivity contribution < 1.29 is 9.50 Å². The molecule has 3 unspecified atom stereocenters. The summed E-state index contributed by atoms with van der Waals surface area (Å²) in [5.74, 6) is -0.167. The van der Waals surface area contributed by atoms with E-state index < -0.39 is 0 Å². The van der Waals surface area contributed by atoms with Crippen molar-refractivity contribution in [1.29, 1.82) is 0 Å². The molecule has 1 rings (SSSR count). The normalized spacial score (nSPS) is 16.6. The van der Waals surface area contributed by atoms with Gasteiger partial charge in [0.2, 0.25) is 0 Å². The maximum atomic E-state index is 13.4. The summed E-state index contributed by atoms with van der Waals surface area (Å²) in [6.07, 6.45) is 0.373. The van der Waals surface area contributed by atoms with Crippen molar-refractivity contribution in [2.45, 2.75) is 52.3 Å². The van der Waals surface area contributed by atoms with Crippen molar-refractivity contribution in [2.24, 2.45) is 0 Å². The Hall–Kier alpha value is -0.930. The highest BCUT2D eigenvalue weighted by Gasteiger charge is 2.12. The number of aryl methyl sites for hydroxylation is 1. The molecule has 0 aromatic heterocycles. The van der Waals surface area contributed by atoms with Crippen molar-refractivity contribution in [1.82, 2.24) is 5.32 Å². The molecule has 0 fully saturated rings. The van der Waals surface area contributed by atoms with E-state index in [9.17, 15) is 9.50 Å². The zero-order chi connectivity index (χ0) is 13.0. The Balaban J connectivity index is 2.63. The molecule has 0 bridgehead atoms. The highest BCUT2D eigenvalue weighted by Crippen LogP contribution is 2.17. The van der Waals surface area contributed by atoms with E-state index >= 15 is 0 Å². The van der Waals surface area contributed by atoms with Crippen LogP contribution in [0.15, 0.2) is 18.2 Å². The summed E-state index contributed by atoms with van der Waals surface area (Å²) in [6.45, 7) is 7.55. The molecule has 0 amide bonds. The van der Waals surface area contributed by atoms with E-state index in [2.05, 4.69) is 5.32 Å². The van der Waals surface area contributed by atoms with Crippen LogP contribution in [0.2, 0.25) is 0 Å². The average Bonchev–Trinajstić information content (AvgIpc) is 2.20. The molecule has 1 aromatic carbocycles. The molecule has 1 aromatic rings. The first-order chi connectivity index (χ1) is 7.90. The Labute approximate surface area is 103 Å². The summed E-state index contributed by atoms with van der Waals surface area (Å²) < 4.78 is 13.4. The molecule has 2 N–H and O–H groups in total. The Bertz CT molecular complexity index is 365. The molecule has 0 spiro atoms. The minimum absolute atomic E-state index is 0.0823. The summed E-state index contributed by atoms with van der Waals surface area (Å²) in [4.78, 5) is 0.